The van der Waals surface area contributed by atoms with Crippen LogP contribution in [0.2, 0.25) is 0 Å². The summed E-state index contributed by atoms with van der Waals surface area (Å²) in [5.41, 5.74) is 0.237. The number of carbonyl (C=O) groups excluding carboxylic acids is 1. The third-order valence-electron chi connectivity index (χ3n) is 1.76. The minimum absolute atomic E-state index is 0.199. The first kappa shape index (κ1) is 12.5. The van der Waals surface area contributed by atoms with Gasteiger partial charge in [-0.25, -0.2) is 4.79 Å². The second-order valence-electron chi connectivity index (χ2n) is 2.82. The summed E-state index contributed by atoms with van der Waals surface area (Å²) in [4.78, 5) is 21.1. The van der Waals surface area contributed by atoms with E-state index >= 15 is 0 Å². The van der Waals surface area contributed by atoms with E-state index in [1.807, 2.05) is 0 Å². The number of aliphatic carboxylic acids is 1. The van der Waals surface area contributed by atoms with Crippen molar-refractivity contribution in [2.45, 2.75) is 0 Å². The molecule has 6 heteroatoms. The molecule has 0 amide bonds. The van der Waals surface area contributed by atoms with Gasteiger partial charge in [-0.2, -0.15) is 0 Å². The van der Waals surface area contributed by atoms with Gasteiger partial charge in [-0.15, -0.1) is 0 Å². The molecule has 0 aliphatic carbocycles. The second-order valence-corrected chi connectivity index (χ2v) is 3.68. The number of carboxylic acids is 1. The van der Waals surface area contributed by atoms with Crippen molar-refractivity contribution in [1.29, 1.82) is 0 Å². The van der Waals surface area contributed by atoms with E-state index in [2.05, 4.69) is 15.9 Å². The van der Waals surface area contributed by atoms with Gasteiger partial charge in [-0.3, -0.25) is 4.79 Å². The van der Waals surface area contributed by atoms with E-state index < -0.39 is 12.6 Å². The van der Waals surface area contributed by atoms with Gasteiger partial charge >= 0.3 is 5.97 Å². The molecule has 16 heavy (non-hydrogen) atoms. The third-order valence-corrected chi connectivity index (χ3v) is 2.38. The molecule has 0 saturated carbocycles. The molecular weight excluding hydrogens is 280 g/mol. The minimum Gasteiger partial charge on any atom is -0.496 e. The van der Waals surface area contributed by atoms with Gasteiger partial charge < -0.3 is 14.6 Å². The van der Waals surface area contributed by atoms with E-state index in [0.29, 0.717) is 16.5 Å². The van der Waals surface area contributed by atoms with Gasteiger partial charge in [0, 0.05) is 0 Å². The SMILES string of the molecule is COc1cc(C=O)c(OCC(=O)O)cc1Br. The van der Waals surface area contributed by atoms with Crippen LogP contribution in [-0.2, 0) is 4.79 Å². The Morgan fingerprint density at radius 3 is 2.69 bits per heavy atom. The highest BCUT2D eigenvalue weighted by atomic mass is 79.9. The summed E-state index contributed by atoms with van der Waals surface area (Å²) in [6.45, 7) is -0.500. The van der Waals surface area contributed by atoms with Crippen LogP contribution in [0.25, 0.3) is 0 Å². The van der Waals surface area contributed by atoms with Gasteiger partial charge in [-0.1, -0.05) is 0 Å². The highest BCUT2D eigenvalue weighted by molar-refractivity contribution is 9.10. The summed E-state index contributed by atoms with van der Waals surface area (Å²) >= 11 is 3.21. The van der Waals surface area contributed by atoms with Gasteiger partial charge in [0.25, 0.3) is 0 Å². The molecular formula is C10H9BrO5. The number of halogens is 1. The van der Waals surface area contributed by atoms with Crippen molar-refractivity contribution >= 4 is 28.2 Å². The van der Waals surface area contributed by atoms with Crippen LogP contribution in [0.5, 0.6) is 11.5 Å². The lowest BCUT2D eigenvalue weighted by Gasteiger charge is -2.09. The molecule has 86 valence electrons. The van der Waals surface area contributed by atoms with E-state index in [4.69, 9.17) is 14.6 Å². The van der Waals surface area contributed by atoms with E-state index in [1.54, 1.807) is 0 Å². The number of ether oxygens (including phenoxy) is 2. The van der Waals surface area contributed by atoms with Gasteiger partial charge in [0.1, 0.15) is 11.5 Å². The first-order valence-corrected chi connectivity index (χ1v) is 5.05. The molecule has 1 aromatic rings. The lowest BCUT2D eigenvalue weighted by molar-refractivity contribution is -0.139. The smallest absolute Gasteiger partial charge is 0.341 e. The van der Waals surface area contributed by atoms with Gasteiger partial charge in [-0.05, 0) is 28.1 Å². The molecule has 0 saturated heterocycles. The molecule has 0 atom stereocenters. The summed E-state index contributed by atoms with van der Waals surface area (Å²) in [6.07, 6.45) is 0.576. The van der Waals surface area contributed by atoms with Crippen LogP contribution in [0.4, 0.5) is 0 Å². The van der Waals surface area contributed by atoms with E-state index in [9.17, 15) is 9.59 Å². The summed E-state index contributed by atoms with van der Waals surface area (Å²) in [6, 6.07) is 2.96. The zero-order valence-electron chi connectivity index (χ0n) is 8.40. The maximum atomic E-state index is 10.8. The molecule has 0 aromatic heterocycles. The van der Waals surface area contributed by atoms with E-state index in [0.717, 1.165) is 0 Å². The van der Waals surface area contributed by atoms with Crippen LogP contribution in [0.3, 0.4) is 0 Å². The van der Waals surface area contributed by atoms with Crippen LogP contribution in [0.1, 0.15) is 10.4 Å². The van der Waals surface area contributed by atoms with E-state index in [-0.39, 0.29) is 11.3 Å². The van der Waals surface area contributed by atoms with Gasteiger partial charge in [0.2, 0.25) is 0 Å². The van der Waals surface area contributed by atoms with Crippen molar-refractivity contribution in [3.63, 3.8) is 0 Å². The number of aldehydes is 1. The number of hydrogen-bond donors (Lipinski definition) is 1. The highest BCUT2D eigenvalue weighted by Crippen LogP contribution is 2.31. The Labute approximate surface area is 100 Å². The zero-order chi connectivity index (χ0) is 12.1. The van der Waals surface area contributed by atoms with Crippen LogP contribution < -0.4 is 9.47 Å². The van der Waals surface area contributed by atoms with Crippen molar-refractivity contribution in [3.05, 3.63) is 22.2 Å². The monoisotopic (exact) mass is 288 g/mol. The summed E-state index contributed by atoms with van der Waals surface area (Å²) in [7, 11) is 1.46. The fourth-order valence-corrected chi connectivity index (χ4v) is 1.55. The van der Waals surface area contributed by atoms with Crippen molar-refractivity contribution in [2.75, 3.05) is 13.7 Å². The zero-order valence-corrected chi connectivity index (χ0v) is 9.98. The normalized spacial score (nSPS) is 9.62. The fourth-order valence-electron chi connectivity index (χ4n) is 1.06. The minimum atomic E-state index is -1.11. The molecule has 5 nitrogen and oxygen atoms in total. The average molecular weight is 289 g/mol. The molecule has 0 bridgehead atoms. The summed E-state index contributed by atoms with van der Waals surface area (Å²) in [5.74, 6) is -0.432. The van der Waals surface area contributed by atoms with Crippen molar-refractivity contribution < 1.29 is 24.2 Å². The Morgan fingerprint density at radius 1 is 1.50 bits per heavy atom. The van der Waals surface area contributed by atoms with Crippen LogP contribution in [0.15, 0.2) is 16.6 Å². The standard InChI is InChI=1S/C10H9BrO5/c1-15-9-2-6(4-12)8(3-7(9)11)16-5-10(13)14/h2-4H,5H2,1H3,(H,13,14). The maximum Gasteiger partial charge on any atom is 0.341 e. The summed E-state index contributed by atoms with van der Waals surface area (Å²) in [5, 5.41) is 8.46. The Kier molecular flexibility index (Phi) is 4.30. The number of carbonyl (C=O) groups is 2. The van der Waals surface area contributed by atoms with Crippen LogP contribution >= 0.6 is 15.9 Å². The van der Waals surface area contributed by atoms with Crippen LogP contribution in [0, 0.1) is 0 Å². The largest absolute Gasteiger partial charge is 0.496 e. The Hall–Kier alpha value is -1.56. The molecule has 0 radical (unpaired) electrons. The van der Waals surface area contributed by atoms with Crippen LogP contribution in [-0.4, -0.2) is 31.1 Å². The number of carboxylic acid groups (broad SMARTS) is 1. The molecule has 0 aliphatic rings. The molecule has 0 unspecified atom stereocenters. The summed E-state index contributed by atoms with van der Waals surface area (Å²) < 4.78 is 10.5. The van der Waals surface area contributed by atoms with Crippen molar-refractivity contribution in [2.24, 2.45) is 0 Å². The second kappa shape index (κ2) is 5.50. The fraction of sp³-hybridized carbons (Fsp3) is 0.200. The molecule has 1 N–H and O–H groups in total. The first-order valence-electron chi connectivity index (χ1n) is 4.25. The number of rotatable bonds is 5. The Morgan fingerprint density at radius 2 is 2.19 bits per heavy atom. The maximum absolute atomic E-state index is 10.8. The Balaban J connectivity index is 3.03. The molecule has 0 aliphatic heterocycles. The molecule has 0 heterocycles. The third kappa shape index (κ3) is 2.96. The molecule has 0 fully saturated rings. The predicted molar refractivity (Wildman–Crippen MR) is 59.2 cm³/mol. The quantitative estimate of drug-likeness (QED) is 0.836. The lowest BCUT2D eigenvalue weighted by Crippen LogP contribution is -2.10. The highest BCUT2D eigenvalue weighted by Gasteiger charge is 2.10. The van der Waals surface area contributed by atoms with Gasteiger partial charge in [0.15, 0.2) is 12.9 Å². The molecule has 1 rings (SSSR count). The number of methoxy groups -OCH3 is 1. The van der Waals surface area contributed by atoms with Gasteiger partial charge in [0.05, 0.1) is 17.1 Å². The van der Waals surface area contributed by atoms with Crippen molar-refractivity contribution in [1.82, 2.24) is 0 Å². The lowest BCUT2D eigenvalue weighted by atomic mass is 10.2. The molecule has 1 aromatic carbocycles. The van der Waals surface area contributed by atoms with E-state index in [1.165, 1.54) is 19.2 Å². The Bertz CT molecular complexity index is 416. The predicted octanol–water partition coefficient (Wildman–Crippen LogP) is 1.73. The number of benzene rings is 1. The first-order chi connectivity index (χ1) is 7.58. The number of hydrogen-bond acceptors (Lipinski definition) is 4. The topological polar surface area (TPSA) is 72.8 Å². The average Bonchev–Trinajstić information content (AvgIpc) is 2.26. The molecule has 0 spiro atoms. The van der Waals surface area contributed by atoms with Crippen molar-refractivity contribution in [3.8, 4) is 11.5 Å².